The molecule has 0 aliphatic rings. The Kier molecular flexibility index (Phi) is 5.03. The summed E-state index contributed by atoms with van der Waals surface area (Å²) in [5.74, 6) is -0.387. The van der Waals surface area contributed by atoms with Crippen molar-refractivity contribution >= 4 is 27.5 Å². The predicted molar refractivity (Wildman–Crippen MR) is 91.0 cm³/mol. The van der Waals surface area contributed by atoms with Crippen LogP contribution in [0, 0.1) is 0 Å². The molecule has 1 heterocycles. The third-order valence-electron chi connectivity index (χ3n) is 3.29. The fourth-order valence-electron chi connectivity index (χ4n) is 2.16. The summed E-state index contributed by atoms with van der Waals surface area (Å²) in [5.41, 5.74) is -0.0557. The lowest BCUT2D eigenvalue weighted by molar-refractivity contribution is -0.137. The highest BCUT2D eigenvalue weighted by Gasteiger charge is 2.30. The van der Waals surface area contributed by atoms with Crippen molar-refractivity contribution in [1.29, 1.82) is 0 Å². The monoisotopic (exact) mass is 425 g/mol. The number of carbonyl (C=O) groups excluding carboxylic acids is 1. The quantitative estimate of drug-likeness (QED) is 0.690. The van der Waals surface area contributed by atoms with Crippen molar-refractivity contribution in [2.75, 3.05) is 5.32 Å². The number of amides is 1. The number of rotatable bonds is 4. The minimum atomic E-state index is -4.46. The van der Waals surface area contributed by atoms with Crippen molar-refractivity contribution < 1.29 is 18.0 Å². The lowest BCUT2D eigenvalue weighted by atomic mass is 10.1. The average molecular weight is 426 g/mol. The van der Waals surface area contributed by atoms with Gasteiger partial charge in [0.15, 0.2) is 0 Å². The van der Waals surface area contributed by atoms with Crippen molar-refractivity contribution in [3.8, 4) is 11.4 Å². The van der Waals surface area contributed by atoms with Crippen LogP contribution >= 0.6 is 15.9 Å². The summed E-state index contributed by atoms with van der Waals surface area (Å²) < 4.78 is 39.1. The number of carbonyl (C=O) groups is 1. The maximum absolute atomic E-state index is 12.8. The fourth-order valence-corrected chi connectivity index (χ4v) is 2.55. The van der Waals surface area contributed by atoms with Crippen molar-refractivity contribution in [3.05, 3.63) is 58.6 Å². The van der Waals surface area contributed by atoms with Crippen LogP contribution in [0.4, 0.5) is 18.9 Å². The normalized spacial score (nSPS) is 11.4. The molecule has 1 aromatic heterocycles. The molecule has 3 rings (SSSR count). The van der Waals surface area contributed by atoms with Gasteiger partial charge in [-0.3, -0.25) is 4.79 Å². The zero-order valence-electron chi connectivity index (χ0n) is 13.0. The van der Waals surface area contributed by atoms with Gasteiger partial charge in [-0.1, -0.05) is 34.1 Å². The molecule has 0 spiro atoms. The highest BCUT2D eigenvalue weighted by atomic mass is 79.9. The van der Waals surface area contributed by atoms with Crippen molar-refractivity contribution in [2.45, 2.75) is 12.7 Å². The molecule has 2 aromatic carbocycles. The van der Waals surface area contributed by atoms with Gasteiger partial charge in [-0.05, 0) is 35.5 Å². The summed E-state index contributed by atoms with van der Waals surface area (Å²) in [6.07, 6.45) is -4.46. The lowest BCUT2D eigenvalue weighted by Gasteiger charge is -2.06. The van der Waals surface area contributed by atoms with E-state index < -0.39 is 17.6 Å². The number of hydrogen-bond donors (Lipinski definition) is 1. The molecule has 134 valence electrons. The van der Waals surface area contributed by atoms with Gasteiger partial charge in [0.2, 0.25) is 11.7 Å². The highest BCUT2D eigenvalue weighted by molar-refractivity contribution is 9.10. The van der Waals surface area contributed by atoms with E-state index in [0.717, 1.165) is 21.4 Å². The SMILES string of the molecule is O=C(Cn1nnc(-c2cccc(C(F)(F)F)c2)n1)Nc1cccc(Br)c1. The van der Waals surface area contributed by atoms with Gasteiger partial charge < -0.3 is 5.32 Å². The Morgan fingerprint density at radius 3 is 2.65 bits per heavy atom. The Labute approximate surface area is 154 Å². The van der Waals surface area contributed by atoms with Crippen LogP contribution in [0.1, 0.15) is 5.56 Å². The summed E-state index contributed by atoms with van der Waals surface area (Å²) in [5, 5.41) is 14.0. The number of alkyl halides is 3. The largest absolute Gasteiger partial charge is 0.416 e. The molecule has 1 N–H and O–H groups in total. The Hall–Kier alpha value is -2.75. The molecule has 0 bridgehead atoms. The van der Waals surface area contributed by atoms with E-state index in [1.807, 2.05) is 6.07 Å². The molecule has 0 saturated carbocycles. The summed E-state index contributed by atoms with van der Waals surface area (Å²) in [7, 11) is 0. The van der Waals surface area contributed by atoms with E-state index >= 15 is 0 Å². The molecule has 26 heavy (non-hydrogen) atoms. The minimum Gasteiger partial charge on any atom is -0.324 e. The number of anilines is 1. The Balaban J connectivity index is 1.71. The van der Waals surface area contributed by atoms with E-state index in [-0.39, 0.29) is 17.9 Å². The first-order valence-corrected chi connectivity index (χ1v) is 8.11. The second-order valence-electron chi connectivity index (χ2n) is 5.28. The van der Waals surface area contributed by atoms with Crippen LogP contribution in [-0.4, -0.2) is 26.1 Å². The summed E-state index contributed by atoms with van der Waals surface area (Å²) >= 11 is 3.30. The topological polar surface area (TPSA) is 72.7 Å². The summed E-state index contributed by atoms with van der Waals surface area (Å²) in [4.78, 5) is 13.0. The number of hydrogen-bond acceptors (Lipinski definition) is 4. The molecule has 10 heteroatoms. The molecular formula is C16H11BrF3N5O. The zero-order valence-corrected chi connectivity index (χ0v) is 14.6. The molecular weight excluding hydrogens is 415 g/mol. The van der Waals surface area contributed by atoms with Gasteiger partial charge >= 0.3 is 6.18 Å². The molecule has 0 fully saturated rings. The van der Waals surface area contributed by atoms with Crippen molar-refractivity contribution in [2.24, 2.45) is 0 Å². The Morgan fingerprint density at radius 2 is 1.92 bits per heavy atom. The first-order valence-electron chi connectivity index (χ1n) is 7.32. The molecule has 0 aliphatic carbocycles. The van der Waals surface area contributed by atoms with Crippen LogP contribution in [0.15, 0.2) is 53.0 Å². The lowest BCUT2D eigenvalue weighted by Crippen LogP contribution is -2.20. The molecule has 0 atom stereocenters. The van der Waals surface area contributed by atoms with E-state index in [1.54, 1.807) is 18.2 Å². The number of tetrazole rings is 1. The van der Waals surface area contributed by atoms with Crippen LogP contribution < -0.4 is 5.32 Å². The van der Waals surface area contributed by atoms with E-state index in [0.29, 0.717) is 5.69 Å². The van der Waals surface area contributed by atoms with Crippen molar-refractivity contribution in [1.82, 2.24) is 20.2 Å². The standard InChI is InChI=1S/C16H11BrF3N5O/c17-12-5-2-6-13(8-12)21-14(26)9-25-23-15(22-24-25)10-3-1-4-11(7-10)16(18,19)20/h1-8H,9H2,(H,21,26). The Bertz CT molecular complexity index is 941. The molecule has 1 amide bonds. The van der Waals surface area contributed by atoms with Gasteiger partial charge in [-0.25, -0.2) is 0 Å². The molecule has 3 aromatic rings. The first-order chi connectivity index (χ1) is 12.3. The highest BCUT2D eigenvalue weighted by Crippen LogP contribution is 2.31. The van der Waals surface area contributed by atoms with Gasteiger partial charge in [0.05, 0.1) is 5.56 Å². The molecule has 0 saturated heterocycles. The molecule has 6 nitrogen and oxygen atoms in total. The van der Waals surface area contributed by atoms with Gasteiger partial charge in [-0.2, -0.15) is 18.0 Å². The Morgan fingerprint density at radius 1 is 1.15 bits per heavy atom. The number of nitrogens with one attached hydrogen (secondary N) is 1. The van der Waals surface area contributed by atoms with Gasteiger partial charge in [-0.15, -0.1) is 10.2 Å². The summed E-state index contributed by atoms with van der Waals surface area (Å²) in [6.45, 7) is -0.224. The molecule has 0 aliphatic heterocycles. The maximum Gasteiger partial charge on any atom is 0.416 e. The van der Waals surface area contributed by atoms with Crippen molar-refractivity contribution in [3.63, 3.8) is 0 Å². The van der Waals surface area contributed by atoms with Gasteiger partial charge in [0, 0.05) is 15.7 Å². The van der Waals surface area contributed by atoms with E-state index in [2.05, 4.69) is 36.7 Å². The second kappa shape index (κ2) is 7.24. The van der Waals surface area contributed by atoms with Crippen LogP contribution in [0.3, 0.4) is 0 Å². The molecule has 0 radical (unpaired) electrons. The summed E-state index contributed by atoms with van der Waals surface area (Å²) in [6, 6.07) is 11.6. The zero-order chi connectivity index (χ0) is 18.7. The van der Waals surface area contributed by atoms with E-state index in [1.165, 1.54) is 12.1 Å². The predicted octanol–water partition coefficient (Wildman–Crippen LogP) is 3.76. The number of halogens is 4. The van der Waals surface area contributed by atoms with Crippen LogP contribution in [0.5, 0.6) is 0 Å². The maximum atomic E-state index is 12.8. The van der Waals surface area contributed by atoms with Crippen LogP contribution in [-0.2, 0) is 17.5 Å². The second-order valence-corrected chi connectivity index (χ2v) is 6.20. The van der Waals surface area contributed by atoms with Crippen LogP contribution in [0.2, 0.25) is 0 Å². The number of benzene rings is 2. The van der Waals surface area contributed by atoms with Crippen LogP contribution in [0.25, 0.3) is 11.4 Å². The smallest absolute Gasteiger partial charge is 0.324 e. The number of aromatic nitrogens is 4. The minimum absolute atomic E-state index is 0.00588. The average Bonchev–Trinajstić information content (AvgIpc) is 3.02. The van der Waals surface area contributed by atoms with E-state index in [4.69, 9.17) is 0 Å². The third-order valence-corrected chi connectivity index (χ3v) is 3.79. The molecule has 0 unspecified atom stereocenters. The fraction of sp³-hybridized carbons (Fsp3) is 0.125. The first kappa shape index (κ1) is 18.1. The number of nitrogens with zero attached hydrogens (tertiary/aromatic N) is 4. The van der Waals surface area contributed by atoms with Gasteiger partial charge in [0.1, 0.15) is 6.54 Å². The van der Waals surface area contributed by atoms with E-state index in [9.17, 15) is 18.0 Å². The third kappa shape index (κ3) is 4.45. The van der Waals surface area contributed by atoms with Gasteiger partial charge in [0.25, 0.3) is 0 Å².